The van der Waals surface area contributed by atoms with Gasteiger partial charge in [-0.1, -0.05) is 24.3 Å². The standard InChI is InChI=1S/C18H19Br2NS/c19-17-9-16(22-18(17)20)11-21-10-12-5-6-15(21)8-14-4-2-1-3-13(14)7-12/h1-4,9,12,15H,5-8,10-11H2/t12-,15+/m0/s1. The highest BCUT2D eigenvalue weighted by molar-refractivity contribution is 9.13. The average Bonchev–Trinajstić information content (AvgIpc) is 2.78. The van der Waals surface area contributed by atoms with E-state index in [-0.39, 0.29) is 0 Å². The molecule has 0 radical (unpaired) electrons. The Hall–Kier alpha value is -0.160. The lowest BCUT2D eigenvalue weighted by molar-refractivity contribution is 0.0948. The number of nitrogens with zero attached hydrogens (tertiary/aromatic N) is 1. The summed E-state index contributed by atoms with van der Waals surface area (Å²) in [5, 5.41) is 0. The SMILES string of the molecule is Brc1cc(CN2C[C@H]3CC[C@@H]2Cc2ccccc2C3)sc1Br. The second-order valence-corrected chi connectivity index (χ2v) is 9.85. The van der Waals surface area contributed by atoms with E-state index in [1.54, 1.807) is 11.1 Å². The Morgan fingerprint density at radius 2 is 1.86 bits per heavy atom. The predicted octanol–water partition coefficient (Wildman–Crippen LogP) is 5.65. The minimum Gasteiger partial charge on any atom is -0.295 e. The highest BCUT2D eigenvalue weighted by Crippen LogP contribution is 2.36. The first kappa shape index (κ1) is 15.4. The molecule has 1 fully saturated rings. The van der Waals surface area contributed by atoms with E-state index < -0.39 is 0 Å². The maximum atomic E-state index is 3.62. The molecule has 1 aromatic heterocycles. The number of thiophene rings is 1. The fourth-order valence-corrected chi connectivity index (χ4v) is 6.17. The maximum absolute atomic E-state index is 3.62. The molecule has 2 aromatic rings. The molecule has 3 heterocycles. The van der Waals surface area contributed by atoms with E-state index in [2.05, 4.69) is 67.1 Å². The normalized spacial score (nSPS) is 24.8. The van der Waals surface area contributed by atoms with Crippen LogP contribution in [0.4, 0.5) is 0 Å². The van der Waals surface area contributed by atoms with E-state index in [1.807, 2.05) is 11.3 Å². The first-order chi connectivity index (χ1) is 10.7. The zero-order valence-electron chi connectivity index (χ0n) is 12.4. The summed E-state index contributed by atoms with van der Waals surface area (Å²) in [5.74, 6) is 0.824. The number of benzene rings is 1. The van der Waals surface area contributed by atoms with Gasteiger partial charge in [0.25, 0.3) is 0 Å². The zero-order chi connectivity index (χ0) is 15.1. The van der Waals surface area contributed by atoms with Gasteiger partial charge in [0.1, 0.15) is 0 Å². The summed E-state index contributed by atoms with van der Waals surface area (Å²) in [6.07, 6.45) is 5.23. The summed E-state index contributed by atoms with van der Waals surface area (Å²) in [7, 11) is 0. The van der Waals surface area contributed by atoms with Crippen molar-refractivity contribution in [2.45, 2.75) is 38.3 Å². The van der Waals surface area contributed by atoms with Gasteiger partial charge in [-0.15, -0.1) is 11.3 Å². The monoisotopic (exact) mass is 439 g/mol. The van der Waals surface area contributed by atoms with Gasteiger partial charge < -0.3 is 0 Å². The van der Waals surface area contributed by atoms with E-state index >= 15 is 0 Å². The van der Waals surface area contributed by atoms with Crippen LogP contribution in [0.5, 0.6) is 0 Å². The maximum Gasteiger partial charge on any atom is 0.0843 e. The van der Waals surface area contributed by atoms with Crippen molar-refractivity contribution in [3.63, 3.8) is 0 Å². The van der Waals surface area contributed by atoms with Crippen LogP contribution >= 0.6 is 43.2 Å². The molecule has 3 aliphatic rings. The van der Waals surface area contributed by atoms with Gasteiger partial charge in [-0.2, -0.15) is 0 Å². The molecule has 5 rings (SSSR count). The van der Waals surface area contributed by atoms with Crippen LogP contribution in [-0.4, -0.2) is 17.5 Å². The van der Waals surface area contributed by atoms with E-state index in [0.29, 0.717) is 6.04 Å². The molecule has 2 atom stereocenters. The minimum atomic E-state index is 0.706. The quantitative estimate of drug-likeness (QED) is 0.582. The molecule has 1 saturated heterocycles. The number of rotatable bonds is 2. The van der Waals surface area contributed by atoms with E-state index in [4.69, 9.17) is 0 Å². The molecule has 0 unspecified atom stereocenters. The first-order valence-electron chi connectivity index (χ1n) is 7.93. The first-order valence-corrected chi connectivity index (χ1v) is 10.3. The number of fused-ring (bicyclic) bond motifs is 2. The largest absolute Gasteiger partial charge is 0.295 e. The summed E-state index contributed by atoms with van der Waals surface area (Å²) >= 11 is 9.10. The van der Waals surface area contributed by atoms with Crippen molar-refractivity contribution in [2.75, 3.05) is 6.54 Å². The highest BCUT2D eigenvalue weighted by atomic mass is 79.9. The van der Waals surface area contributed by atoms with Crippen molar-refractivity contribution in [2.24, 2.45) is 5.92 Å². The fourth-order valence-electron chi connectivity index (χ4n) is 3.96. The fraction of sp³-hybridized carbons (Fsp3) is 0.444. The lowest BCUT2D eigenvalue weighted by atomic mass is 9.80. The molecule has 0 N–H and O–H groups in total. The van der Waals surface area contributed by atoms with Crippen LogP contribution in [-0.2, 0) is 19.4 Å². The molecule has 4 heteroatoms. The van der Waals surface area contributed by atoms with Crippen molar-refractivity contribution in [3.8, 4) is 0 Å². The van der Waals surface area contributed by atoms with Gasteiger partial charge in [-0.3, -0.25) is 4.90 Å². The molecular formula is C18H19Br2NS. The number of hydrogen-bond donors (Lipinski definition) is 0. The molecule has 0 spiro atoms. The third kappa shape index (κ3) is 3.08. The highest BCUT2D eigenvalue weighted by Gasteiger charge is 2.32. The lowest BCUT2D eigenvalue weighted by Gasteiger charge is -2.42. The van der Waals surface area contributed by atoms with Crippen LogP contribution in [0.3, 0.4) is 0 Å². The smallest absolute Gasteiger partial charge is 0.0843 e. The van der Waals surface area contributed by atoms with Crippen LogP contribution in [0.25, 0.3) is 0 Å². The van der Waals surface area contributed by atoms with Crippen LogP contribution in [0, 0.1) is 5.92 Å². The second kappa shape index (κ2) is 6.39. The van der Waals surface area contributed by atoms with Gasteiger partial charge in [-0.25, -0.2) is 0 Å². The number of hydrogen-bond acceptors (Lipinski definition) is 2. The van der Waals surface area contributed by atoms with Gasteiger partial charge in [-0.05, 0) is 80.7 Å². The Bertz CT molecular complexity index is 662. The Morgan fingerprint density at radius 1 is 1.09 bits per heavy atom. The van der Waals surface area contributed by atoms with Gasteiger partial charge in [0.15, 0.2) is 0 Å². The van der Waals surface area contributed by atoms with Crippen molar-refractivity contribution >= 4 is 43.2 Å². The third-order valence-electron chi connectivity index (χ3n) is 5.05. The predicted molar refractivity (Wildman–Crippen MR) is 100 cm³/mol. The van der Waals surface area contributed by atoms with E-state index in [1.165, 1.54) is 45.4 Å². The van der Waals surface area contributed by atoms with Gasteiger partial charge in [0, 0.05) is 28.5 Å². The summed E-state index contributed by atoms with van der Waals surface area (Å²) < 4.78 is 2.40. The zero-order valence-corrected chi connectivity index (χ0v) is 16.4. The van der Waals surface area contributed by atoms with Crippen LogP contribution in [0.1, 0.15) is 28.8 Å². The third-order valence-corrected chi connectivity index (χ3v) is 8.30. The van der Waals surface area contributed by atoms with Crippen molar-refractivity contribution < 1.29 is 0 Å². The Labute approximate surface area is 153 Å². The summed E-state index contributed by atoms with van der Waals surface area (Å²) in [5.41, 5.74) is 3.17. The number of piperidine rings is 1. The molecule has 0 amide bonds. The average molecular weight is 441 g/mol. The molecule has 2 aliphatic heterocycles. The van der Waals surface area contributed by atoms with Crippen LogP contribution in [0.15, 0.2) is 38.6 Å². The minimum absolute atomic E-state index is 0.706. The van der Waals surface area contributed by atoms with Crippen molar-refractivity contribution in [1.82, 2.24) is 4.90 Å². The van der Waals surface area contributed by atoms with Crippen LogP contribution in [0.2, 0.25) is 0 Å². The second-order valence-electron chi connectivity index (χ2n) is 6.54. The molecule has 1 aromatic carbocycles. The summed E-state index contributed by atoms with van der Waals surface area (Å²) in [4.78, 5) is 4.19. The van der Waals surface area contributed by atoms with Gasteiger partial charge in [0.2, 0.25) is 0 Å². The molecule has 2 bridgehead atoms. The topological polar surface area (TPSA) is 3.24 Å². The van der Waals surface area contributed by atoms with E-state index in [0.717, 1.165) is 12.5 Å². The summed E-state index contributed by atoms with van der Waals surface area (Å²) in [6, 6.07) is 12.1. The van der Waals surface area contributed by atoms with E-state index in [9.17, 15) is 0 Å². The molecule has 1 aliphatic carbocycles. The Morgan fingerprint density at radius 3 is 2.59 bits per heavy atom. The van der Waals surface area contributed by atoms with Crippen molar-refractivity contribution in [1.29, 1.82) is 0 Å². The van der Waals surface area contributed by atoms with Gasteiger partial charge in [0.05, 0.1) is 3.79 Å². The molecular weight excluding hydrogens is 422 g/mol. The summed E-state index contributed by atoms with van der Waals surface area (Å²) in [6.45, 7) is 2.35. The Balaban J connectivity index is 1.58. The molecule has 1 nitrogen and oxygen atoms in total. The molecule has 22 heavy (non-hydrogen) atoms. The lowest BCUT2D eigenvalue weighted by Crippen LogP contribution is -2.45. The van der Waals surface area contributed by atoms with Crippen molar-refractivity contribution in [3.05, 3.63) is 54.6 Å². The van der Waals surface area contributed by atoms with Gasteiger partial charge >= 0.3 is 0 Å². The van der Waals surface area contributed by atoms with Crippen LogP contribution < -0.4 is 0 Å². The molecule has 0 saturated carbocycles. The molecule has 116 valence electrons. The Kier molecular flexibility index (Phi) is 4.46. The number of halogens is 2.